The first kappa shape index (κ1) is 19.7. The molecule has 31 heavy (non-hydrogen) atoms. The number of hydrogen-bond donors (Lipinski definition) is 0. The monoisotopic (exact) mass is 440 g/mol. The normalized spacial score (nSPS) is 20.1. The first-order chi connectivity index (χ1) is 14.9. The number of benzene rings is 3. The molecular formula is C23H15F3N2O2S. The third kappa shape index (κ3) is 2.93. The predicted octanol–water partition coefficient (Wildman–Crippen LogP) is 4.58. The fourth-order valence-electron chi connectivity index (χ4n) is 4.15. The molecule has 0 N–H and O–H groups in total. The maximum Gasteiger partial charge on any atom is 0.269 e. The Kier molecular flexibility index (Phi) is 4.55. The quantitative estimate of drug-likeness (QED) is 0.599. The highest BCUT2D eigenvalue weighted by atomic mass is 32.2. The van der Waals surface area contributed by atoms with Crippen molar-refractivity contribution in [2.75, 3.05) is 15.6 Å². The summed E-state index contributed by atoms with van der Waals surface area (Å²) in [6.45, 7) is 0.107. The van der Waals surface area contributed by atoms with E-state index in [0.29, 0.717) is 16.8 Å². The molecule has 0 aliphatic carbocycles. The van der Waals surface area contributed by atoms with E-state index < -0.39 is 28.2 Å². The molecule has 0 bridgehead atoms. The van der Waals surface area contributed by atoms with Crippen molar-refractivity contribution in [2.24, 2.45) is 0 Å². The molecule has 0 aromatic heterocycles. The smallest absolute Gasteiger partial charge is 0.269 e. The van der Waals surface area contributed by atoms with Crippen molar-refractivity contribution >= 4 is 35.0 Å². The Morgan fingerprint density at radius 1 is 0.903 bits per heavy atom. The van der Waals surface area contributed by atoms with Gasteiger partial charge in [0.05, 0.1) is 18.0 Å². The molecule has 4 nitrogen and oxygen atoms in total. The van der Waals surface area contributed by atoms with Gasteiger partial charge in [-0.1, -0.05) is 30.3 Å². The molecule has 3 aromatic rings. The van der Waals surface area contributed by atoms with Crippen LogP contribution in [-0.2, 0) is 21.0 Å². The Morgan fingerprint density at radius 3 is 2.48 bits per heavy atom. The van der Waals surface area contributed by atoms with Crippen molar-refractivity contribution in [1.82, 2.24) is 0 Å². The summed E-state index contributed by atoms with van der Waals surface area (Å²) in [5.41, 5.74) is 1.86. The summed E-state index contributed by atoms with van der Waals surface area (Å²) in [4.78, 5) is 28.0. The van der Waals surface area contributed by atoms with Gasteiger partial charge in [-0.15, -0.1) is 11.8 Å². The highest BCUT2D eigenvalue weighted by Crippen LogP contribution is 2.56. The van der Waals surface area contributed by atoms with Gasteiger partial charge in [-0.25, -0.2) is 13.2 Å². The van der Waals surface area contributed by atoms with Crippen molar-refractivity contribution in [1.29, 1.82) is 0 Å². The molecule has 1 atom stereocenters. The van der Waals surface area contributed by atoms with Gasteiger partial charge in [0.1, 0.15) is 5.82 Å². The maximum absolute atomic E-state index is 14.0. The van der Waals surface area contributed by atoms with Crippen molar-refractivity contribution in [3.8, 4) is 0 Å². The molecule has 1 spiro atoms. The van der Waals surface area contributed by atoms with Gasteiger partial charge in [-0.05, 0) is 35.9 Å². The van der Waals surface area contributed by atoms with Crippen LogP contribution in [0, 0.1) is 17.5 Å². The summed E-state index contributed by atoms with van der Waals surface area (Å²) in [5.74, 6) is -3.32. The largest absolute Gasteiger partial charge is 0.304 e. The lowest BCUT2D eigenvalue weighted by molar-refractivity contribution is -0.123. The lowest BCUT2D eigenvalue weighted by atomic mass is 10.0. The van der Waals surface area contributed by atoms with Gasteiger partial charge < -0.3 is 4.90 Å². The standard InChI is InChI=1S/C23H15F3N2O2S/c24-15-5-3-4-14(10-15)12-27-20-7-2-1-6-17(20)23(22(27)30)28(21(29)13-31-23)16-8-9-18(25)19(26)11-16/h1-11H,12-13H2. The van der Waals surface area contributed by atoms with Crippen LogP contribution >= 0.6 is 11.8 Å². The second-order valence-corrected chi connectivity index (χ2v) is 8.47. The lowest BCUT2D eigenvalue weighted by Gasteiger charge is -2.33. The van der Waals surface area contributed by atoms with Crippen LogP contribution in [0.4, 0.5) is 24.5 Å². The minimum absolute atomic E-state index is 0.00682. The number of hydrogen-bond acceptors (Lipinski definition) is 3. The van der Waals surface area contributed by atoms with Gasteiger partial charge in [0.2, 0.25) is 10.8 Å². The molecular weight excluding hydrogens is 425 g/mol. The zero-order chi connectivity index (χ0) is 21.8. The van der Waals surface area contributed by atoms with Gasteiger partial charge in [-0.3, -0.25) is 14.5 Å². The third-order valence-electron chi connectivity index (χ3n) is 5.45. The number of para-hydroxylation sites is 1. The summed E-state index contributed by atoms with van der Waals surface area (Å²) >= 11 is 1.14. The van der Waals surface area contributed by atoms with Crippen LogP contribution in [0.2, 0.25) is 0 Å². The molecule has 8 heteroatoms. The average Bonchev–Trinajstić information content (AvgIpc) is 3.22. The lowest BCUT2D eigenvalue weighted by Crippen LogP contribution is -2.49. The fraction of sp³-hybridized carbons (Fsp3) is 0.130. The van der Waals surface area contributed by atoms with E-state index in [-0.39, 0.29) is 23.9 Å². The number of carbonyl (C=O) groups excluding carboxylic acids is 2. The van der Waals surface area contributed by atoms with Gasteiger partial charge in [0.25, 0.3) is 5.91 Å². The number of rotatable bonds is 3. The van der Waals surface area contributed by atoms with Gasteiger partial charge in [0, 0.05) is 17.3 Å². The van der Waals surface area contributed by atoms with Crippen molar-refractivity contribution in [2.45, 2.75) is 11.4 Å². The van der Waals surface area contributed by atoms with Gasteiger partial charge >= 0.3 is 0 Å². The second-order valence-electron chi connectivity index (χ2n) is 7.30. The predicted molar refractivity (Wildman–Crippen MR) is 112 cm³/mol. The van der Waals surface area contributed by atoms with E-state index >= 15 is 0 Å². The highest BCUT2D eigenvalue weighted by Gasteiger charge is 2.61. The Morgan fingerprint density at radius 2 is 1.71 bits per heavy atom. The fourth-order valence-corrected chi connectivity index (χ4v) is 5.51. The molecule has 5 rings (SSSR count). The van der Waals surface area contributed by atoms with Crippen LogP contribution < -0.4 is 9.80 Å². The molecule has 1 saturated heterocycles. The van der Waals surface area contributed by atoms with Crippen molar-refractivity contribution < 1.29 is 22.8 Å². The Balaban J connectivity index is 1.65. The summed E-state index contributed by atoms with van der Waals surface area (Å²) < 4.78 is 41.2. The van der Waals surface area contributed by atoms with E-state index in [0.717, 1.165) is 23.9 Å². The number of nitrogens with zero attached hydrogens (tertiary/aromatic N) is 2. The summed E-state index contributed by atoms with van der Waals surface area (Å²) in [7, 11) is 0. The molecule has 2 aliphatic heterocycles. The zero-order valence-corrected chi connectivity index (χ0v) is 16.8. The molecule has 1 fully saturated rings. The Labute approximate surface area is 180 Å². The number of carbonyl (C=O) groups is 2. The van der Waals surface area contributed by atoms with Crippen LogP contribution in [0.5, 0.6) is 0 Å². The SMILES string of the molecule is O=C1CSC2(C(=O)N(Cc3cccc(F)c3)c3ccccc32)N1c1ccc(F)c(F)c1. The summed E-state index contributed by atoms with van der Waals surface area (Å²) in [6, 6.07) is 16.1. The molecule has 0 saturated carbocycles. The molecule has 2 aliphatic rings. The molecule has 3 aromatic carbocycles. The zero-order valence-electron chi connectivity index (χ0n) is 16.0. The Bertz CT molecular complexity index is 1230. The van der Waals surface area contributed by atoms with Crippen LogP contribution in [0.25, 0.3) is 0 Å². The molecule has 156 valence electrons. The van der Waals surface area contributed by atoms with Crippen LogP contribution in [0.1, 0.15) is 11.1 Å². The number of fused-ring (bicyclic) bond motifs is 2. The van der Waals surface area contributed by atoms with E-state index in [1.807, 2.05) is 0 Å². The highest BCUT2D eigenvalue weighted by molar-refractivity contribution is 8.02. The minimum atomic E-state index is -1.44. The van der Waals surface area contributed by atoms with Gasteiger partial charge in [0.15, 0.2) is 11.6 Å². The van der Waals surface area contributed by atoms with E-state index in [4.69, 9.17) is 0 Å². The first-order valence-corrected chi connectivity index (χ1v) is 10.5. The van der Waals surface area contributed by atoms with E-state index in [1.54, 1.807) is 36.4 Å². The van der Waals surface area contributed by atoms with Gasteiger partial charge in [-0.2, -0.15) is 0 Å². The third-order valence-corrected chi connectivity index (χ3v) is 6.84. The summed E-state index contributed by atoms with van der Waals surface area (Å²) in [5, 5.41) is 0. The molecule has 2 amide bonds. The minimum Gasteiger partial charge on any atom is -0.304 e. The van der Waals surface area contributed by atoms with E-state index in [2.05, 4.69) is 0 Å². The van der Waals surface area contributed by atoms with E-state index in [9.17, 15) is 22.8 Å². The van der Waals surface area contributed by atoms with E-state index in [1.165, 1.54) is 28.0 Å². The summed E-state index contributed by atoms with van der Waals surface area (Å²) in [6.07, 6.45) is 0. The number of thioether (sulfide) groups is 1. The first-order valence-electron chi connectivity index (χ1n) is 9.50. The molecule has 2 heterocycles. The molecule has 1 unspecified atom stereocenters. The van der Waals surface area contributed by atoms with Crippen LogP contribution in [-0.4, -0.2) is 17.6 Å². The number of anilines is 2. The Hall–Kier alpha value is -3.26. The van der Waals surface area contributed by atoms with Crippen molar-refractivity contribution in [3.05, 3.63) is 95.3 Å². The second kappa shape index (κ2) is 7.16. The van der Waals surface area contributed by atoms with Crippen LogP contribution in [0.15, 0.2) is 66.7 Å². The average molecular weight is 440 g/mol. The number of halogens is 3. The molecule has 0 radical (unpaired) electrons. The van der Waals surface area contributed by atoms with Crippen LogP contribution in [0.3, 0.4) is 0 Å². The maximum atomic E-state index is 14.0. The van der Waals surface area contributed by atoms with Crippen molar-refractivity contribution in [3.63, 3.8) is 0 Å². The topological polar surface area (TPSA) is 40.6 Å². The number of amides is 2.